The minimum absolute atomic E-state index is 0.0247. The quantitative estimate of drug-likeness (QED) is 0.642. The van der Waals surface area contributed by atoms with E-state index in [1.54, 1.807) is 0 Å². The maximum atomic E-state index is 2.39. The number of hydrogen-bond acceptors (Lipinski definition) is 1. The van der Waals surface area contributed by atoms with Crippen LogP contribution in [0.2, 0.25) is 0 Å². The topological polar surface area (TPSA) is 6.25 Å². The largest absolute Gasteiger partial charge is 0.372 e. The normalized spacial score (nSPS) is 15.6. The van der Waals surface area contributed by atoms with Crippen LogP contribution in [-0.4, -0.2) is 30.4 Å². The number of para-hydroxylation sites is 1. The number of hydrogen-bond donors (Lipinski definition) is 0. The van der Waals surface area contributed by atoms with E-state index < -0.39 is 0 Å². The molecule has 0 fully saturated rings. The summed E-state index contributed by atoms with van der Waals surface area (Å²) in [5.74, 6) is 0. The van der Waals surface area contributed by atoms with Gasteiger partial charge in [0, 0.05) is 36.5 Å². The van der Waals surface area contributed by atoms with Crippen molar-refractivity contribution in [1.29, 1.82) is 0 Å². The standard InChI is InChI=1S/C24H31N2/c1-7-26(8-2)20-15-13-19(18(3)17-20)14-16-23-24(4,5)21-11-9-10-12-22(21)25(23)6/h9-17H,7-8H2,1-6H3/q+1. The smallest absolute Gasteiger partial charge is 0.209 e. The van der Waals surface area contributed by atoms with Gasteiger partial charge < -0.3 is 4.90 Å². The van der Waals surface area contributed by atoms with Crippen LogP contribution in [0.5, 0.6) is 0 Å². The van der Waals surface area contributed by atoms with E-state index in [1.807, 2.05) is 0 Å². The van der Waals surface area contributed by atoms with Gasteiger partial charge in [-0.1, -0.05) is 24.3 Å². The molecule has 0 atom stereocenters. The Morgan fingerprint density at radius 3 is 2.31 bits per heavy atom. The van der Waals surface area contributed by atoms with E-state index in [9.17, 15) is 0 Å². The number of nitrogens with zero attached hydrogens (tertiary/aromatic N) is 2. The van der Waals surface area contributed by atoms with Gasteiger partial charge in [-0.2, -0.15) is 4.58 Å². The monoisotopic (exact) mass is 347 g/mol. The van der Waals surface area contributed by atoms with Gasteiger partial charge in [0.25, 0.3) is 0 Å². The fourth-order valence-corrected chi connectivity index (χ4v) is 4.10. The molecule has 0 radical (unpaired) electrons. The highest BCUT2D eigenvalue weighted by Crippen LogP contribution is 2.39. The summed E-state index contributed by atoms with van der Waals surface area (Å²) in [6, 6.07) is 15.5. The van der Waals surface area contributed by atoms with Crippen molar-refractivity contribution in [3.63, 3.8) is 0 Å². The molecule has 2 nitrogen and oxygen atoms in total. The molecule has 0 aromatic heterocycles. The minimum Gasteiger partial charge on any atom is -0.372 e. The van der Waals surface area contributed by atoms with Gasteiger partial charge >= 0.3 is 0 Å². The van der Waals surface area contributed by atoms with Crippen molar-refractivity contribution in [2.24, 2.45) is 0 Å². The molecule has 2 heteroatoms. The fraction of sp³-hybridized carbons (Fsp3) is 0.375. The average molecular weight is 348 g/mol. The van der Waals surface area contributed by atoms with Gasteiger partial charge in [-0.3, -0.25) is 0 Å². The zero-order valence-electron chi connectivity index (χ0n) is 17.0. The predicted octanol–water partition coefficient (Wildman–Crippen LogP) is 5.56. The minimum atomic E-state index is 0.0247. The molecule has 26 heavy (non-hydrogen) atoms. The Hall–Kier alpha value is -2.35. The molecule has 2 aromatic rings. The molecule has 0 aliphatic carbocycles. The Kier molecular flexibility index (Phi) is 5.04. The van der Waals surface area contributed by atoms with Crippen molar-refractivity contribution in [1.82, 2.24) is 0 Å². The van der Waals surface area contributed by atoms with Crippen LogP contribution in [0.4, 0.5) is 11.4 Å². The third-order valence-corrected chi connectivity index (χ3v) is 5.74. The highest BCUT2D eigenvalue weighted by molar-refractivity contribution is 6.05. The van der Waals surface area contributed by atoms with Gasteiger partial charge in [0.2, 0.25) is 5.69 Å². The lowest BCUT2D eigenvalue weighted by Gasteiger charge is -2.22. The summed E-state index contributed by atoms with van der Waals surface area (Å²) in [7, 11) is 2.17. The van der Waals surface area contributed by atoms with Gasteiger partial charge in [0.1, 0.15) is 7.05 Å². The molecule has 0 amide bonds. The number of fused-ring (bicyclic) bond motifs is 1. The Bertz CT molecular complexity index is 868. The van der Waals surface area contributed by atoms with Crippen LogP contribution in [0.15, 0.2) is 48.5 Å². The van der Waals surface area contributed by atoms with Crippen molar-refractivity contribution in [2.45, 2.75) is 40.0 Å². The summed E-state index contributed by atoms with van der Waals surface area (Å²) in [6.45, 7) is 13.3. The second-order valence-corrected chi connectivity index (χ2v) is 7.63. The Labute approximate surface area is 158 Å². The summed E-state index contributed by atoms with van der Waals surface area (Å²) >= 11 is 0. The second-order valence-electron chi connectivity index (χ2n) is 7.63. The number of allylic oxidation sites excluding steroid dienone is 1. The first kappa shape index (κ1) is 18.4. The first-order valence-electron chi connectivity index (χ1n) is 9.64. The summed E-state index contributed by atoms with van der Waals surface area (Å²) in [6.07, 6.45) is 4.56. The highest BCUT2D eigenvalue weighted by atomic mass is 15.1. The van der Waals surface area contributed by atoms with Crippen LogP contribution in [0.25, 0.3) is 6.08 Å². The fourth-order valence-electron chi connectivity index (χ4n) is 4.10. The van der Waals surface area contributed by atoms with Gasteiger partial charge in [0.05, 0.1) is 5.41 Å². The molecule has 0 unspecified atom stereocenters. The molecule has 1 aliphatic rings. The van der Waals surface area contributed by atoms with Gasteiger partial charge in [-0.15, -0.1) is 0 Å². The first-order chi connectivity index (χ1) is 12.4. The molecule has 0 bridgehead atoms. The number of benzene rings is 2. The van der Waals surface area contributed by atoms with Gasteiger partial charge in [-0.05, 0) is 64.0 Å². The molecule has 0 saturated carbocycles. The molecular formula is C24H31N2+. The molecule has 3 rings (SSSR count). The Balaban J connectivity index is 1.93. The van der Waals surface area contributed by atoms with Crippen molar-refractivity contribution < 1.29 is 4.58 Å². The molecule has 0 N–H and O–H groups in total. The van der Waals surface area contributed by atoms with Crippen LogP contribution < -0.4 is 4.90 Å². The molecule has 0 saturated heterocycles. The van der Waals surface area contributed by atoms with Crippen molar-refractivity contribution >= 4 is 23.2 Å². The zero-order chi connectivity index (χ0) is 18.9. The molecule has 136 valence electrons. The summed E-state index contributed by atoms with van der Waals surface area (Å²) in [5.41, 5.74) is 7.99. The highest BCUT2D eigenvalue weighted by Gasteiger charge is 2.42. The van der Waals surface area contributed by atoms with Crippen LogP contribution in [0.3, 0.4) is 0 Å². The van der Waals surface area contributed by atoms with Crippen molar-refractivity contribution in [3.05, 3.63) is 65.2 Å². The predicted molar refractivity (Wildman–Crippen MR) is 114 cm³/mol. The zero-order valence-corrected chi connectivity index (χ0v) is 17.0. The maximum Gasteiger partial charge on any atom is 0.209 e. The van der Waals surface area contributed by atoms with E-state index in [-0.39, 0.29) is 5.41 Å². The molecule has 0 spiro atoms. The summed E-state index contributed by atoms with van der Waals surface area (Å²) in [5, 5.41) is 0. The van der Waals surface area contributed by atoms with Crippen LogP contribution in [0, 0.1) is 6.92 Å². The third-order valence-electron chi connectivity index (χ3n) is 5.74. The van der Waals surface area contributed by atoms with Gasteiger partial charge in [-0.25, -0.2) is 0 Å². The Morgan fingerprint density at radius 1 is 1.00 bits per heavy atom. The lowest BCUT2D eigenvalue weighted by molar-refractivity contribution is -0.401. The lowest BCUT2D eigenvalue weighted by Crippen LogP contribution is -2.26. The molecule has 2 aromatic carbocycles. The third kappa shape index (κ3) is 3.09. The van der Waals surface area contributed by atoms with E-state index in [4.69, 9.17) is 0 Å². The van der Waals surface area contributed by atoms with Crippen LogP contribution in [-0.2, 0) is 5.41 Å². The Morgan fingerprint density at radius 2 is 1.69 bits per heavy atom. The molecular weight excluding hydrogens is 316 g/mol. The van der Waals surface area contributed by atoms with E-state index in [0.717, 1.165) is 13.1 Å². The number of anilines is 1. The summed E-state index contributed by atoms with van der Waals surface area (Å²) in [4.78, 5) is 2.39. The maximum absolute atomic E-state index is 2.39. The van der Waals surface area contributed by atoms with Gasteiger partial charge in [0.15, 0.2) is 5.71 Å². The second kappa shape index (κ2) is 7.11. The van der Waals surface area contributed by atoms with Crippen LogP contribution >= 0.6 is 0 Å². The van der Waals surface area contributed by atoms with Crippen molar-refractivity contribution in [3.8, 4) is 0 Å². The lowest BCUT2D eigenvalue weighted by atomic mass is 9.81. The molecule has 1 aliphatic heterocycles. The average Bonchev–Trinajstić information content (AvgIpc) is 2.82. The van der Waals surface area contributed by atoms with E-state index >= 15 is 0 Å². The molecule has 1 heterocycles. The van der Waals surface area contributed by atoms with Crippen molar-refractivity contribution in [2.75, 3.05) is 25.0 Å². The van der Waals surface area contributed by atoms with E-state index in [1.165, 1.54) is 33.8 Å². The first-order valence-corrected chi connectivity index (χ1v) is 9.64. The van der Waals surface area contributed by atoms with E-state index in [2.05, 4.69) is 106 Å². The number of aryl methyl sites for hydroxylation is 1. The van der Waals surface area contributed by atoms with E-state index in [0.29, 0.717) is 0 Å². The number of rotatable bonds is 5. The SMILES string of the molecule is CCN(CC)c1ccc(C=CC2=[N+](C)c3ccccc3C2(C)C)c(C)c1. The van der Waals surface area contributed by atoms with Crippen LogP contribution in [0.1, 0.15) is 44.4 Å². The summed E-state index contributed by atoms with van der Waals surface area (Å²) < 4.78 is 2.32.